The van der Waals surface area contributed by atoms with E-state index in [0.29, 0.717) is 31.4 Å². The summed E-state index contributed by atoms with van der Waals surface area (Å²) in [5.41, 5.74) is 4.68. The zero-order valence-corrected chi connectivity index (χ0v) is 36.7. The first-order valence-electron chi connectivity index (χ1n) is 20.2. The molecule has 7 N–H and O–H groups in total. The summed E-state index contributed by atoms with van der Waals surface area (Å²) in [6.07, 6.45) is 7.54. The minimum Gasteiger partial charge on any atom is -0.478 e. The van der Waals surface area contributed by atoms with Gasteiger partial charge in [-0.2, -0.15) is 0 Å². The minimum atomic E-state index is -5.58. The molecule has 2 aromatic rings. The standard InChI is InChI=1S/C40H54ClFN8O11S/c1-6-22(5)33(49-35(53)28(15-21(3)4)46-36(54)30-19-44-13-14-45-30)37(55)47-29(16-23-11-9-8-10-12-23)39(57)50(20-32(51)48-38(56)34(52)27(43)7-2)62(60,61)31-17-24(40(58)59)25(41)18-26(31)42/h13-14,17-19,21-23,27-29,33H,6-12,15-16,20,43H2,1-5H3,(H,46,54)(H,47,55)(H,49,53)(H,58,59)(H,48,51,56)/t22-,27?,28-,29-,33-/m0/s1. The maximum atomic E-state index is 15.5. The van der Waals surface area contributed by atoms with Crippen molar-refractivity contribution >= 4 is 68.8 Å². The van der Waals surface area contributed by atoms with E-state index in [1.165, 1.54) is 25.5 Å². The number of carbonyl (C=O) groups excluding carboxylic acids is 7. The maximum Gasteiger partial charge on any atom is 0.337 e. The highest BCUT2D eigenvalue weighted by Crippen LogP contribution is 2.30. The van der Waals surface area contributed by atoms with Gasteiger partial charge >= 0.3 is 5.97 Å². The van der Waals surface area contributed by atoms with Crippen molar-refractivity contribution in [3.63, 3.8) is 0 Å². The molecule has 1 aromatic carbocycles. The number of aromatic nitrogens is 2. The molecule has 1 heterocycles. The molecular weight excluding hydrogens is 855 g/mol. The lowest BCUT2D eigenvalue weighted by molar-refractivity contribution is -0.142. The first kappa shape index (κ1) is 50.9. The zero-order chi connectivity index (χ0) is 46.5. The summed E-state index contributed by atoms with van der Waals surface area (Å²) in [5, 5.41) is 18.5. The highest BCUT2D eigenvalue weighted by Gasteiger charge is 2.41. The third kappa shape index (κ3) is 13.8. The molecule has 3 rings (SSSR count). The van der Waals surface area contributed by atoms with Crippen LogP contribution in [0.15, 0.2) is 35.6 Å². The molecule has 1 unspecified atom stereocenters. The molecule has 6 amide bonds. The number of ketones is 1. The van der Waals surface area contributed by atoms with Gasteiger partial charge in [0.25, 0.3) is 27.7 Å². The second-order valence-corrected chi connectivity index (χ2v) is 17.8. The Morgan fingerprint density at radius 1 is 0.935 bits per heavy atom. The fourth-order valence-corrected chi connectivity index (χ4v) is 8.42. The number of Topliss-reactive ketones (excluding diaryl/α,β-unsaturated/α-hetero) is 1. The molecule has 62 heavy (non-hydrogen) atoms. The van der Waals surface area contributed by atoms with Crippen molar-refractivity contribution < 1.29 is 56.3 Å². The van der Waals surface area contributed by atoms with Crippen LogP contribution < -0.4 is 27.0 Å². The van der Waals surface area contributed by atoms with Gasteiger partial charge in [-0.15, -0.1) is 0 Å². The van der Waals surface area contributed by atoms with Gasteiger partial charge in [0.1, 0.15) is 41.1 Å². The number of benzene rings is 1. The third-order valence-corrected chi connectivity index (χ3v) is 12.5. The minimum absolute atomic E-state index is 0.00225. The third-order valence-electron chi connectivity index (χ3n) is 10.4. The van der Waals surface area contributed by atoms with E-state index in [4.69, 9.17) is 17.3 Å². The number of nitrogens with two attached hydrogens (primary N) is 1. The fourth-order valence-electron chi connectivity index (χ4n) is 6.72. The zero-order valence-electron chi connectivity index (χ0n) is 35.1. The van der Waals surface area contributed by atoms with Gasteiger partial charge in [-0.3, -0.25) is 43.9 Å². The van der Waals surface area contributed by atoms with Gasteiger partial charge in [0, 0.05) is 12.4 Å². The van der Waals surface area contributed by atoms with Gasteiger partial charge in [0.15, 0.2) is 0 Å². The second-order valence-electron chi connectivity index (χ2n) is 15.6. The van der Waals surface area contributed by atoms with Crippen LogP contribution in [0.3, 0.4) is 0 Å². The average molecular weight is 909 g/mol. The Bertz CT molecular complexity index is 2110. The van der Waals surface area contributed by atoms with Crippen LogP contribution >= 0.6 is 11.6 Å². The Morgan fingerprint density at radius 3 is 2.16 bits per heavy atom. The molecule has 1 aliphatic carbocycles. The van der Waals surface area contributed by atoms with Crippen molar-refractivity contribution in [2.24, 2.45) is 23.5 Å². The van der Waals surface area contributed by atoms with Crippen molar-refractivity contribution in [1.29, 1.82) is 0 Å². The maximum absolute atomic E-state index is 15.5. The number of rotatable bonds is 21. The van der Waals surface area contributed by atoms with Crippen LogP contribution in [0.2, 0.25) is 5.02 Å². The Kier molecular flexibility index (Phi) is 19.0. The summed E-state index contributed by atoms with van der Waals surface area (Å²) in [4.78, 5) is 113. The quantitative estimate of drug-likeness (QED) is 0.0981. The highest BCUT2D eigenvalue weighted by molar-refractivity contribution is 7.89. The van der Waals surface area contributed by atoms with Crippen molar-refractivity contribution in [3.8, 4) is 0 Å². The molecule has 0 radical (unpaired) electrons. The Hall–Kier alpha value is -5.41. The van der Waals surface area contributed by atoms with Crippen LogP contribution in [0.5, 0.6) is 0 Å². The number of sulfonamides is 1. The van der Waals surface area contributed by atoms with Gasteiger partial charge in [0.2, 0.25) is 23.5 Å². The number of hydrogen-bond donors (Lipinski definition) is 6. The molecule has 0 aliphatic heterocycles. The van der Waals surface area contributed by atoms with E-state index in [1.807, 2.05) is 0 Å². The van der Waals surface area contributed by atoms with Crippen molar-refractivity contribution in [3.05, 3.63) is 52.8 Å². The number of carboxylic acid groups (broad SMARTS) is 1. The van der Waals surface area contributed by atoms with Gasteiger partial charge in [-0.05, 0) is 49.1 Å². The molecule has 1 aromatic heterocycles. The molecule has 1 fully saturated rings. The molecule has 1 aliphatic rings. The number of nitrogens with one attached hydrogen (secondary N) is 4. The van der Waals surface area contributed by atoms with Crippen molar-refractivity contribution in [2.75, 3.05) is 6.54 Å². The van der Waals surface area contributed by atoms with E-state index >= 15 is 4.39 Å². The van der Waals surface area contributed by atoms with Crippen LogP contribution in [-0.4, -0.2) is 106 Å². The Balaban J connectivity index is 2.10. The molecule has 1 saturated carbocycles. The number of carboxylic acids is 1. The van der Waals surface area contributed by atoms with Gasteiger partial charge in [-0.25, -0.2) is 26.9 Å². The molecule has 22 heteroatoms. The molecule has 19 nitrogen and oxygen atoms in total. The second kappa shape index (κ2) is 23.2. The number of nitrogens with zero attached hydrogens (tertiary/aromatic N) is 3. The van der Waals surface area contributed by atoms with Crippen LogP contribution in [-0.2, 0) is 38.8 Å². The van der Waals surface area contributed by atoms with Gasteiger partial charge in [-0.1, -0.05) is 84.7 Å². The van der Waals surface area contributed by atoms with E-state index in [2.05, 4.69) is 25.9 Å². The summed E-state index contributed by atoms with van der Waals surface area (Å²) in [6, 6.07) is -4.93. The summed E-state index contributed by atoms with van der Waals surface area (Å²) in [5.74, 6) is -12.6. The Morgan fingerprint density at radius 2 is 1.60 bits per heavy atom. The fraction of sp³-hybridized carbons (Fsp3) is 0.550. The summed E-state index contributed by atoms with van der Waals surface area (Å²) < 4.78 is 44.0. The lowest BCUT2D eigenvalue weighted by atomic mass is 9.84. The number of halogens is 2. The van der Waals surface area contributed by atoms with Crippen LogP contribution in [0, 0.1) is 23.6 Å². The number of imide groups is 1. The van der Waals surface area contributed by atoms with E-state index in [1.54, 1.807) is 33.0 Å². The summed E-state index contributed by atoms with van der Waals surface area (Å²) >= 11 is 5.87. The van der Waals surface area contributed by atoms with Crippen molar-refractivity contribution in [2.45, 2.75) is 121 Å². The molecule has 0 saturated heterocycles. The topological polar surface area (TPSA) is 294 Å². The molecule has 0 spiro atoms. The van der Waals surface area contributed by atoms with E-state index in [9.17, 15) is 51.9 Å². The number of hydrogen-bond acceptors (Lipinski definition) is 13. The van der Waals surface area contributed by atoms with Crippen LogP contribution in [0.1, 0.15) is 113 Å². The van der Waals surface area contributed by atoms with Gasteiger partial charge < -0.3 is 26.8 Å². The van der Waals surface area contributed by atoms with Crippen LogP contribution in [0.25, 0.3) is 0 Å². The average Bonchev–Trinajstić information content (AvgIpc) is 3.23. The number of amides is 6. The highest BCUT2D eigenvalue weighted by atomic mass is 35.5. The molecule has 0 bridgehead atoms. The molecule has 340 valence electrons. The van der Waals surface area contributed by atoms with E-state index in [0.717, 1.165) is 19.3 Å². The van der Waals surface area contributed by atoms with E-state index < -0.39 is 115 Å². The first-order valence-corrected chi connectivity index (χ1v) is 22.0. The number of aromatic carboxylic acids is 1. The van der Waals surface area contributed by atoms with Gasteiger partial charge in [0.05, 0.1) is 22.8 Å². The summed E-state index contributed by atoms with van der Waals surface area (Å²) in [7, 11) is -5.58. The lowest BCUT2D eigenvalue weighted by Crippen LogP contribution is -2.60. The number of carbonyl (C=O) groups is 8. The monoisotopic (exact) mass is 908 g/mol. The Labute approximate surface area is 363 Å². The smallest absolute Gasteiger partial charge is 0.337 e. The predicted molar refractivity (Wildman–Crippen MR) is 221 cm³/mol. The normalized spacial score (nSPS) is 15.6. The van der Waals surface area contributed by atoms with Crippen LogP contribution in [0.4, 0.5) is 4.39 Å². The van der Waals surface area contributed by atoms with E-state index in [-0.39, 0.29) is 41.1 Å². The molecule has 5 atom stereocenters. The lowest BCUT2D eigenvalue weighted by Gasteiger charge is -2.33. The SMILES string of the molecule is CCC(N)C(=O)C(=O)NC(=O)CN(C(=O)[C@H](CC1CCCCC1)NC(=O)[C@@H](NC(=O)[C@H](CC(C)C)NC(=O)c1cnccn1)[C@@H](C)CC)S(=O)(=O)c1cc(C(=O)O)c(Cl)cc1F. The largest absolute Gasteiger partial charge is 0.478 e. The molecular formula is C40H54ClFN8O11S. The first-order chi connectivity index (χ1) is 29.1. The predicted octanol–water partition coefficient (Wildman–Crippen LogP) is 2.26. The van der Waals surface area contributed by atoms with Crippen molar-refractivity contribution in [1.82, 2.24) is 35.5 Å². The summed E-state index contributed by atoms with van der Waals surface area (Å²) in [6.45, 7) is 6.91.